The first-order valence-electron chi connectivity index (χ1n) is 5.71. The molecule has 1 saturated heterocycles. The van der Waals surface area contributed by atoms with Crippen LogP contribution in [0.4, 0.5) is 4.39 Å². The molecule has 3 heteroatoms. The minimum Gasteiger partial charge on any atom is -0.316 e. The minimum absolute atomic E-state index is 0.208. The van der Waals surface area contributed by atoms with Gasteiger partial charge in [-0.3, -0.25) is 4.79 Å². The van der Waals surface area contributed by atoms with Gasteiger partial charge in [-0.15, -0.1) is 0 Å². The lowest BCUT2D eigenvalue weighted by Crippen LogP contribution is -2.14. The van der Waals surface area contributed by atoms with E-state index < -0.39 is 0 Å². The Morgan fingerprint density at radius 1 is 1.50 bits per heavy atom. The average Bonchev–Trinajstić information content (AvgIpc) is 2.70. The van der Waals surface area contributed by atoms with E-state index in [0.29, 0.717) is 18.8 Å². The molecule has 0 radical (unpaired) electrons. The van der Waals surface area contributed by atoms with Crippen LogP contribution in [0.25, 0.3) is 0 Å². The number of nitrogens with one attached hydrogen (secondary N) is 1. The van der Waals surface area contributed by atoms with Gasteiger partial charge in [-0.1, -0.05) is 12.1 Å². The highest BCUT2D eigenvalue weighted by molar-refractivity contribution is 5.81. The molecule has 1 unspecified atom stereocenters. The smallest absolute Gasteiger partial charge is 0.137 e. The summed E-state index contributed by atoms with van der Waals surface area (Å²) in [5, 5.41) is 3.24. The number of ketones is 1. The van der Waals surface area contributed by atoms with Gasteiger partial charge in [-0.25, -0.2) is 4.39 Å². The second-order valence-corrected chi connectivity index (χ2v) is 4.41. The van der Waals surface area contributed by atoms with Gasteiger partial charge in [0, 0.05) is 12.8 Å². The maximum atomic E-state index is 12.9. The molecule has 0 saturated carbocycles. The molecular formula is C13H16FNO. The van der Waals surface area contributed by atoms with Gasteiger partial charge in [0.15, 0.2) is 0 Å². The normalized spacial score (nSPS) is 19.9. The molecule has 0 aliphatic carbocycles. The Kier molecular flexibility index (Phi) is 3.67. The van der Waals surface area contributed by atoms with Crippen LogP contribution in [0.5, 0.6) is 0 Å². The van der Waals surface area contributed by atoms with Crippen LogP contribution in [0.3, 0.4) is 0 Å². The molecule has 1 aliphatic heterocycles. The minimum atomic E-state index is -0.271. The van der Waals surface area contributed by atoms with E-state index in [4.69, 9.17) is 0 Å². The molecule has 1 aromatic rings. The summed E-state index contributed by atoms with van der Waals surface area (Å²) in [4.78, 5) is 11.7. The topological polar surface area (TPSA) is 29.1 Å². The SMILES string of the molecule is O=C(Cc1cccc(F)c1)CC1CCNC1. The highest BCUT2D eigenvalue weighted by Gasteiger charge is 2.17. The van der Waals surface area contributed by atoms with Gasteiger partial charge >= 0.3 is 0 Å². The Morgan fingerprint density at radius 2 is 2.38 bits per heavy atom. The van der Waals surface area contributed by atoms with Gasteiger partial charge in [0.25, 0.3) is 0 Å². The Morgan fingerprint density at radius 3 is 3.06 bits per heavy atom. The molecule has 0 bridgehead atoms. The molecular weight excluding hydrogens is 205 g/mol. The lowest BCUT2D eigenvalue weighted by Gasteiger charge is -2.06. The van der Waals surface area contributed by atoms with Crippen molar-refractivity contribution in [2.45, 2.75) is 19.3 Å². The van der Waals surface area contributed by atoms with Crippen molar-refractivity contribution in [2.24, 2.45) is 5.92 Å². The molecule has 86 valence electrons. The number of halogens is 1. The van der Waals surface area contributed by atoms with Gasteiger partial charge in [0.05, 0.1) is 0 Å². The number of benzene rings is 1. The van der Waals surface area contributed by atoms with Gasteiger partial charge in [-0.2, -0.15) is 0 Å². The van der Waals surface area contributed by atoms with E-state index in [1.54, 1.807) is 12.1 Å². The summed E-state index contributed by atoms with van der Waals surface area (Å²) >= 11 is 0. The number of rotatable bonds is 4. The fraction of sp³-hybridized carbons (Fsp3) is 0.462. The van der Waals surface area contributed by atoms with Gasteiger partial charge in [0.1, 0.15) is 11.6 Å². The molecule has 1 heterocycles. The Hall–Kier alpha value is -1.22. The number of Topliss-reactive ketones (excluding diaryl/α,β-unsaturated/α-hetero) is 1. The van der Waals surface area contributed by atoms with Gasteiger partial charge < -0.3 is 5.32 Å². The molecule has 0 amide bonds. The van der Waals surface area contributed by atoms with E-state index in [-0.39, 0.29) is 11.6 Å². The van der Waals surface area contributed by atoms with Crippen molar-refractivity contribution in [3.63, 3.8) is 0 Å². The molecule has 1 fully saturated rings. The monoisotopic (exact) mass is 221 g/mol. The third kappa shape index (κ3) is 3.14. The molecule has 0 aromatic heterocycles. The molecule has 2 rings (SSSR count). The number of hydrogen-bond donors (Lipinski definition) is 1. The Labute approximate surface area is 94.9 Å². The predicted octanol–water partition coefficient (Wildman–Crippen LogP) is 1.94. The summed E-state index contributed by atoms with van der Waals surface area (Å²) in [5.74, 6) is 0.410. The fourth-order valence-electron chi connectivity index (χ4n) is 2.16. The zero-order valence-electron chi connectivity index (χ0n) is 9.21. The summed E-state index contributed by atoms with van der Waals surface area (Å²) < 4.78 is 12.9. The number of carbonyl (C=O) groups is 1. The van der Waals surface area contributed by atoms with Crippen molar-refractivity contribution in [1.82, 2.24) is 5.32 Å². The summed E-state index contributed by atoms with van der Waals surface area (Å²) in [5.41, 5.74) is 0.774. The van der Waals surface area contributed by atoms with Crippen LogP contribution in [-0.4, -0.2) is 18.9 Å². The lowest BCUT2D eigenvalue weighted by atomic mass is 9.98. The van der Waals surface area contributed by atoms with E-state index in [2.05, 4.69) is 5.32 Å². The first kappa shape index (κ1) is 11.3. The van der Waals surface area contributed by atoms with Crippen LogP contribution in [0.15, 0.2) is 24.3 Å². The maximum Gasteiger partial charge on any atom is 0.137 e. The van der Waals surface area contributed by atoms with E-state index in [1.165, 1.54) is 12.1 Å². The van der Waals surface area contributed by atoms with Crippen LogP contribution in [0.1, 0.15) is 18.4 Å². The van der Waals surface area contributed by atoms with Gasteiger partial charge in [-0.05, 0) is 43.1 Å². The third-order valence-electron chi connectivity index (χ3n) is 2.97. The summed E-state index contributed by atoms with van der Waals surface area (Å²) in [6.07, 6.45) is 2.05. The fourth-order valence-corrected chi connectivity index (χ4v) is 2.16. The second-order valence-electron chi connectivity index (χ2n) is 4.41. The van der Waals surface area contributed by atoms with Crippen molar-refractivity contribution in [3.05, 3.63) is 35.6 Å². The highest BCUT2D eigenvalue weighted by Crippen LogP contribution is 2.14. The number of hydrogen-bond acceptors (Lipinski definition) is 2. The van der Waals surface area contributed by atoms with Crippen molar-refractivity contribution < 1.29 is 9.18 Å². The maximum absolute atomic E-state index is 12.9. The van der Waals surface area contributed by atoms with Crippen LogP contribution < -0.4 is 5.32 Å². The third-order valence-corrected chi connectivity index (χ3v) is 2.97. The van der Waals surface area contributed by atoms with Crippen LogP contribution in [-0.2, 0) is 11.2 Å². The second kappa shape index (κ2) is 5.21. The van der Waals surface area contributed by atoms with Crippen molar-refractivity contribution in [2.75, 3.05) is 13.1 Å². The quantitative estimate of drug-likeness (QED) is 0.841. The molecule has 2 nitrogen and oxygen atoms in total. The highest BCUT2D eigenvalue weighted by atomic mass is 19.1. The molecule has 1 atom stereocenters. The molecule has 1 aliphatic rings. The van der Waals surface area contributed by atoms with Crippen LogP contribution >= 0.6 is 0 Å². The summed E-state index contributed by atoms with van der Waals surface area (Å²) in [6, 6.07) is 6.28. The zero-order chi connectivity index (χ0) is 11.4. The van der Waals surface area contributed by atoms with E-state index >= 15 is 0 Å². The van der Waals surface area contributed by atoms with Crippen molar-refractivity contribution >= 4 is 5.78 Å². The number of carbonyl (C=O) groups excluding carboxylic acids is 1. The first-order valence-corrected chi connectivity index (χ1v) is 5.71. The Bertz CT molecular complexity index is 372. The lowest BCUT2D eigenvalue weighted by molar-refractivity contribution is -0.119. The van der Waals surface area contributed by atoms with E-state index in [9.17, 15) is 9.18 Å². The van der Waals surface area contributed by atoms with Crippen LogP contribution in [0.2, 0.25) is 0 Å². The predicted molar refractivity (Wildman–Crippen MR) is 60.7 cm³/mol. The van der Waals surface area contributed by atoms with Crippen LogP contribution in [0, 0.1) is 11.7 Å². The molecule has 0 spiro atoms. The molecule has 16 heavy (non-hydrogen) atoms. The molecule has 1 aromatic carbocycles. The Balaban J connectivity index is 1.86. The zero-order valence-corrected chi connectivity index (χ0v) is 9.21. The van der Waals surface area contributed by atoms with Crippen molar-refractivity contribution in [1.29, 1.82) is 0 Å². The largest absolute Gasteiger partial charge is 0.316 e. The average molecular weight is 221 g/mol. The van der Waals surface area contributed by atoms with E-state index in [0.717, 1.165) is 25.1 Å². The van der Waals surface area contributed by atoms with Gasteiger partial charge in [0.2, 0.25) is 0 Å². The first-order chi connectivity index (χ1) is 7.74. The van der Waals surface area contributed by atoms with E-state index in [1.807, 2.05) is 0 Å². The standard InChI is InChI=1S/C13H16FNO/c14-12-3-1-2-10(6-12)7-13(16)8-11-4-5-15-9-11/h1-3,6,11,15H,4-5,7-9H2. The summed E-state index contributed by atoms with van der Waals surface area (Å²) in [7, 11) is 0. The molecule has 1 N–H and O–H groups in total. The summed E-state index contributed by atoms with van der Waals surface area (Å²) in [6.45, 7) is 1.95. The van der Waals surface area contributed by atoms with Crippen molar-refractivity contribution in [3.8, 4) is 0 Å².